The van der Waals surface area contributed by atoms with E-state index in [-0.39, 0.29) is 24.2 Å². The first-order chi connectivity index (χ1) is 12.1. The molecular weight excluding hydrogens is 363 g/mol. The summed E-state index contributed by atoms with van der Waals surface area (Å²) in [5.41, 5.74) is 1.16. The Morgan fingerprint density at radius 2 is 1.77 bits per heavy atom. The van der Waals surface area contributed by atoms with E-state index in [0.29, 0.717) is 24.0 Å². The predicted octanol–water partition coefficient (Wildman–Crippen LogP) is 5.16. The average molecular weight is 396 g/mol. The van der Waals surface area contributed by atoms with Gasteiger partial charge in [0.2, 0.25) is 0 Å². The minimum absolute atomic E-state index is 0. The SMILES string of the molecule is CCC(CC)C1CC(CC(C)C)OB(c2cc[cH-]c2)O1.[Fe].c1cc[cH-]c1. The first-order valence-corrected chi connectivity index (χ1v) is 9.83. The molecule has 2 unspecified atom stereocenters. The van der Waals surface area contributed by atoms with Crippen LogP contribution < -0.4 is 5.46 Å². The van der Waals surface area contributed by atoms with Gasteiger partial charge in [-0.15, -0.1) is 0 Å². The maximum atomic E-state index is 6.26. The predicted molar refractivity (Wildman–Crippen MR) is 107 cm³/mol. The monoisotopic (exact) mass is 396 g/mol. The molecule has 146 valence electrons. The van der Waals surface area contributed by atoms with Crippen molar-refractivity contribution < 1.29 is 26.4 Å². The first-order valence-electron chi connectivity index (χ1n) is 9.83. The fourth-order valence-corrected chi connectivity index (χ4v) is 3.56. The van der Waals surface area contributed by atoms with Crippen LogP contribution in [-0.2, 0) is 26.4 Å². The summed E-state index contributed by atoms with van der Waals surface area (Å²) in [6.45, 7) is 9.06. The van der Waals surface area contributed by atoms with Crippen molar-refractivity contribution in [3.05, 3.63) is 54.6 Å². The minimum Gasteiger partial charge on any atom is -0.416 e. The summed E-state index contributed by atoms with van der Waals surface area (Å²) >= 11 is 0. The van der Waals surface area contributed by atoms with Crippen molar-refractivity contribution in [3.8, 4) is 0 Å². The van der Waals surface area contributed by atoms with Gasteiger partial charge in [0.15, 0.2) is 0 Å². The van der Waals surface area contributed by atoms with Crippen molar-refractivity contribution >= 4 is 12.6 Å². The molecule has 1 fully saturated rings. The molecule has 4 heteroatoms. The van der Waals surface area contributed by atoms with Crippen molar-refractivity contribution in [2.45, 2.75) is 65.6 Å². The summed E-state index contributed by atoms with van der Waals surface area (Å²) in [6, 6.07) is 18.3. The van der Waals surface area contributed by atoms with Crippen molar-refractivity contribution in [3.63, 3.8) is 0 Å². The van der Waals surface area contributed by atoms with E-state index in [1.165, 1.54) is 12.8 Å². The topological polar surface area (TPSA) is 18.5 Å². The molecule has 3 rings (SSSR count). The Labute approximate surface area is 171 Å². The molecule has 1 saturated heterocycles. The molecular formula is C22H33BFeO2-2. The Morgan fingerprint density at radius 1 is 1.08 bits per heavy atom. The van der Waals surface area contributed by atoms with Gasteiger partial charge in [-0.3, -0.25) is 0 Å². The van der Waals surface area contributed by atoms with Crippen LogP contribution in [0.15, 0.2) is 54.6 Å². The molecule has 1 heterocycles. The van der Waals surface area contributed by atoms with Crippen LogP contribution in [0.1, 0.15) is 53.4 Å². The largest absolute Gasteiger partial charge is 0.416 e. The van der Waals surface area contributed by atoms with Crippen LogP contribution in [0, 0.1) is 11.8 Å². The second-order valence-electron chi connectivity index (χ2n) is 7.39. The van der Waals surface area contributed by atoms with E-state index < -0.39 is 0 Å². The maximum Gasteiger partial charge on any atom is 0.406 e. The van der Waals surface area contributed by atoms with E-state index in [4.69, 9.17) is 9.31 Å². The molecule has 0 N–H and O–H groups in total. The van der Waals surface area contributed by atoms with Crippen molar-refractivity contribution in [2.75, 3.05) is 0 Å². The molecule has 0 aromatic heterocycles. The Bertz CT molecular complexity index is 517. The molecule has 1 aliphatic heterocycles. The fourth-order valence-electron chi connectivity index (χ4n) is 3.56. The third-order valence-corrected chi connectivity index (χ3v) is 4.93. The second kappa shape index (κ2) is 12.6. The molecule has 26 heavy (non-hydrogen) atoms. The molecule has 0 aliphatic carbocycles. The van der Waals surface area contributed by atoms with E-state index in [2.05, 4.69) is 52.0 Å². The number of hydrogen-bond donors (Lipinski definition) is 0. The molecule has 0 radical (unpaired) electrons. The molecule has 2 aromatic carbocycles. The molecule has 2 atom stereocenters. The summed E-state index contributed by atoms with van der Waals surface area (Å²) in [5.74, 6) is 1.31. The molecule has 0 saturated carbocycles. The zero-order valence-corrected chi connectivity index (χ0v) is 17.7. The van der Waals surface area contributed by atoms with Crippen LogP contribution in [0.3, 0.4) is 0 Å². The van der Waals surface area contributed by atoms with Gasteiger partial charge in [-0.05, 0) is 24.7 Å². The Balaban J connectivity index is 0.000000486. The Hall–Kier alpha value is -0.796. The fraction of sp³-hybridized carbons (Fsp3) is 0.545. The van der Waals surface area contributed by atoms with Crippen molar-refractivity contribution in [1.82, 2.24) is 0 Å². The quantitative estimate of drug-likeness (QED) is 0.496. The standard InChI is InChI=1S/C17H28BO2.C5H5.Fe/c1-5-14(6-2)17-12-16(11-13(3)4)19-18(20-17)15-9-7-8-10-15;1-2-4-5-3-1;/h7-10,13-14,16-17H,5-6,11-12H2,1-4H3;1-5H;/q2*-1;. The van der Waals surface area contributed by atoms with Gasteiger partial charge in [0, 0.05) is 29.3 Å². The maximum absolute atomic E-state index is 6.26. The van der Waals surface area contributed by atoms with E-state index in [9.17, 15) is 0 Å². The summed E-state index contributed by atoms with van der Waals surface area (Å²) in [7, 11) is -0.173. The van der Waals surface area contributed by atoms with Crippen LogP contribution in [0.2, 0.25) is 0 Å². The molecule has 2 aromatic rings. The van der Waals surface area contributed by atoms with Gasteiger partial charge >= 0.3 is 7.12 Å². The first kappa shape index (κ1) is 23.2. The summed E-state index contributed by atoms with van der Waals surface area (Å²) < 4.78 is 12.5. The van der Waals surface area contributed by atoms with E-state index in [1.807, 2.05) is 30.3 Å². The zero-order valence-electron chi connectivity index (χ0n) is 16.6. The average Bonchev–Trinajstić information content (AvgIpc) is 3.32. The molecule has 0 bridgehead atoms. The zero-order chi connectivity index (χ0) is 18.1. The van der Waals surface area contributed by atoms with Crippen molar-refractivity contribution in [1.29, 1.82) is 0 Å². The molecule has 2 nitrogen and oxygen atoms in total. The van der Waals surface area contributed by atoms with Crippen LogP contribution >= 0.6 is 0 Å². The third kappa shape index (κ3) is 7.44. The Kier molecular flexibility index (Phi) is 11.2. The van der Waals surface area contributed by atoms with E-state index in [0.717, 1.165) is 18.3 Å². The number of rotatable bonds is 6. The van der Waals surface area contributed by atoms with Crippen LogP contribution in [-0.4, -0.2) is 19.3 Å². The molecule has 0 amide bonds. The van der Waals surface area contributed by atoms with Gasteiger partial charge in [0.25, 0.3) is 0 Å². The van der Waals surface area contributed by atoms with Gasteiger partial charge in [0.1, 0.15) is 0 Å². The van der Waals surface area contributed by atoms with Gasteiger partial charge in [-0.25, -0.2) is 18.2 Å². The van der Waals surface area contributed by atoms with Gasteiger partial charge in [0.05, 0.1) is 0 Å². The van der Waals surface area contributed by atoms with Crippen LogP contribution in [0.4, 0.5) is 0 Å². The number of hydrogen-bond acceptors (Lipinski definition) is 2. The van der Waals surface area contributed by atoms with E-state index >= 15 is 0 Å². The Morgan fingerprint density at radius 3 is 2.23 bits per heavy atom. The summed E-state index contributed by atoms with van der Waals surface area (Å²) in [4.78, 5) is 0. The van der Waals surface area contributed by atoms with Gasteiger partial charge < -0.3 is 9.31 Å². The van der Waals surface area contributed by atoms with Crippen molar-refractivity contribution in [2.24, 2.45) is 11.8 Å². The molecule has 1 aliphatic rings. The van der Waals surface area contributed by atoms with Crippen LogP contribution in [0.5, 0.6) is 0 Å². The van der Waals surface area contributed by atoms with Gasteiger partial charge in [-0.2, -0.15) is 41.9 Å². The van der Waals surface area contributed by atoms with Crippen LogP contribution in [0.25, 0.3) is 0 Å². The second-order valence-corrected chi connectivity index (χ2v) is 7.39. The summed E-state index contributed by atoms with van der Waals surface area (Å²) in [6.07, 6.45) is 5.20. The normalized spacial score (nSPS) is 19.8. The minimum atomic E-state index is -0.173. The third-order valence-electron chi connectivity index (χ3n) is 4.93. The van der Waals surface area contributed by atoms with Gasteiger partial charge in [-0.1, -0.05) is 40.5 Å². The van der Waals surface area contributed by atoms with E-state index in [1.54, 1.807) is 0 Å². The smallest absolute Gasteiger partial charge is 0.406 e. The molecule has 0 spiro atoms. The summed E-state index contributed by atoms with van der Waals surface area (Å²) in [5, 5.41) is 0.